The molecule has 0 aliphatic heterocycles. The molecule has 0 atom stereocenters. The van der Waals surface area contributed by atoms with Gasteiger partial charge < -0.3 is 15.7 Å². The SMILES string of the molecule is CC(C)(CCNC(=O)C(C)(C)C)NC(=O)c1cc(CC(=O)Cc2cc(Cl)ccc2O)ccn1. The van der Waals surface area contributed by atoms with Crippen molar-refractivity contribution in [2.45, 2.75) is 59.4 Å². The number of ketones is 1. The standard InChI is InChI=1S/C25H32ClN3O4/c1-24(2,3)23(33)28-11-9-25(4,5)29-22(32)20-13-16(8-10-27-20)12-19(30)15-17-14-18(26)6-7-21(17)31/h6-8,10,13-14,31H,9,11-12,15H2,1-5H3,(H,28,33)(H,29,32). The van der Waals surface area contributed by atoms with Gasteiger partial charge in [-0.3, -0.25) is 19.4 Å². The maximum atomic E-state index is 12.7. The number of carbonyl (C=O) groups excluding carboxylic acids is 3. The minimum atomic E-state index is -0.570. The molecule has 0 fully saturated rings. The van der Waals surface area contributed by atoms with Crippen molar-refractivity contribution in [3.8, 4) is 5.75 Å². The zero-order chi connectivity index (χ0) is 24.8. The molecule has 0 spiro atoms. The lowest BCUT2D eigenvalue weighted by Gasteiger charge is -2.27. The normalized spacial score (nSPS) is 11.7. The van der Waals surface area contributed by atoms with Crippen molar-refractivity contribution in [3.05, 3.63) is 58.4 Å². The molecule has 0 saturated carbocycles. The number of nitrogens with zero attached hydrogens (tertiary/aromatic N) is 1. The van der Waals surface area contributed by atoms with Crippen LogP contribution in [0.5, 0.6) is 5.75 Å². The molecule has 1 aromatic heterocycles. The topological polar surface area (TPSA) is 108 Å². The van der Waals surface area contributed by atoms with Gasteiger partial charge in [0.15, 0.2) is 0 Å². The summed E-state index contributed by atoms with van der Waals surface area (Å²) in [6.45, 7) is 9.71. The van der Waals surface area contributed by atoms with Crippen LogP contribution in [-0.2, 0) is 22.4 Å². The third-order valence-corrected chi connectivity index (χ3v) is 5.29. The molecule has 1 aromatic carbocycles. The van der Waals surface area contributed by atoms with E-state index in [-0.39, 0.29) is 41.9 Å². The minimum absolute atomic E-state index is 0.0171. The molecule has 8 heteroatoms. The Balaban J connectivity index is 1.95. The highest BCUT2D eigenvalue weighted by molar-refractivity contribution is 6.30. The van der Waals surface area contributed by atoms with Crippen LogP contribution in [0.25, 0.3) is 0 Å². The largest absolute Gasteiger partial charge is 0.508 e. The summed E-state index contributed by atoms with van der Waals surface area (Å²) in [5, 5.41) is 16.2. The van der Waals surface area contributed by atoms with Crippen LogP contribution < -0.4 is 10.6 Å². The van der Waals surface area contributed by atoms with Crippen LogP contribution in [0.3, 0.4) is 0 Å². The molecule has 2 aromatic rings. The number of halogens is 1. The second kappa shape index (κ2) is 10.8. The van der Waals surface area contributed by atoms with E-state index < -0.39 is 11.0 Å². The average Bonchev–Trinajstić information content (AvgIpc) is 2.69. The Morgan fingerprint density at radius 3 is 2.39 bits per heavy atom. The summed E-state index contributed by atoms with van der Waals surface area (Å²) in [4.78, 5) is 41.4. The van der Waals surface area contributed by atoms with Gasteiger partial charge >= 0.3 is 0 Å². The molecule has 7 nitrogen and oxygen atoms in total. The molecule has 3 N–H and O–H groups in total. The Morgan fingerprint density at radius 2 is 1.73 bits per heavy atom. The van der Waals surface area contributed by atoms with Crippen molar-refractivity contribution < 1.29 is 19.5 Å². The third kappa shape index (κ3) is 8.50. The molecular formula is C25H32ClN3O4. The number of hydrogen-bond acceptors (Lipinski definition) is 5. The number of aromatic nitrogens is 1. The summed E-state index contributed by atoms with van der Waals surface area (Å²) in [7, 11) is 0. The molecule has 1 heterocycles. The lowest BCUT2D eigenvalue weighted by atomic mass is 9.95. The maximum absolute atomic E-state index is 12.7. The number of carbonyl (C=O) groups is 3. The second-order valence-electron chi connectivity index (χ2n) is 9.81. The fourth-order valence-corrected chi connectivity index (χ4v) is 3.29. The van der Waals surface area contributed by atoms with Crippen LogP contribution in [0.1, 0.15) is 62.7 Å². The van der Waals surface area contributed by atoms with Gasteiger partial charge in [-0.25, -0.2) is 0 Å². The van der Waals surface area contributed by atoms with E-state index in [9.17, 15) is 19.5 Å². The van der Waals surface area contributed by atoms with Crippen molar-refractivity contribution in [3.63, 3.8) is 0 Å². The first-order valence-corrected chi connectivity index (χ1v) is 11.2. The molecule has 0 radical (unpaired) electrons. The van der Waals surface area contributed by atoms with E-state index in [0.29, 0.717) is 29.1 Å². The summed E-state index contributed by atoms with van der Waals surface area (Å²) in [5.74, 6) is -0.512. The van der Waals surface area contributed by atoms with Crippen molar-refractivity contribution >= 4 is 29.2 Å². The fraction of sp³-hybridized carbons (Fsp3) is 0.440. The van der Waals surface area contributed by atoms with Gasteiger partial charge in [0.25, 0.3) is 5.91 Å². The van der Waals surface area contributed by atoms with Crippen molar-refractivity contribution in [1.29, 1.82) is 0 Å². The Morgan fingerprint density at radius 1 is 1.03 bits per heavy atom. The maximum Gasteiger partial charge on any atom is 0.270 e. The number of phenols is 1. The highest BCUT2D eigenvalue weighted by Gasteiger charge is 2.24. The van der Waals surface area contributed by atoms with E-state index in [1.807, 2.05) is 34.6 Å². The van der Waals surface area contributed by atoms with Crippen molar-refractivity contribution in [1.82, 2.24) is 15.6 Å². The summed E-state index contributed by atoms with van der Waals surface area (Å²) >= 11 is 5.94. The van der Waals surface area contributed by atoms with Gasteiger partial charge in [0.2, 0.25) is 5.91 Å². The zero-order valence-corrected chi connectivity index (χ0v) is 20.5. The van der Waals surface area contributed by atoms with Gasteiger partial charge in [-0.15, -0.1) is 0 Å². The molecule has 0 unspecified atom stereocenters. The van der Waals surface area contributed by atoms with E-state index in [0.717, 1.165) is 0 Å². The van der Waals surface area contributed by atoms with Crippen LogP contribution in [0, 0.1) is 5.41 Å². The van der Waals surface area contributed by atoms with Gasteiger partial charge in [-0.2, -0.15) is 0 Å². The van der Waals surface area contributed by atoms with Crippen LogP contribution in [0.4, 0.5) is 0 Å². The van der Waals surface area contributed by atoms with E-state index in [2.05, 4.69) is 15.6 Å². The van der Waals surface area contributed by atoms with Crippen LogP contribution >= 0.6 is 11.6 Å². The van der Waals surface area contributed by atoms with Crippen LogP contribution in [0.15, 0.2) is 36.5 Å². The highest BCUT2D eigenvalue weighted by atomic mass is 35.5. The number of hydrogen-bond donors (Lipinski definition) is 3. The van der Waals surface area contributed by atoms with E-state index >= 15 is 0 Å². The molecule has 0 aliphatic rings. The number of amides is 2. The highest BCUT2D eigenvalue weighted by Crippen LogP contribution is 2.22. The predicted molar refractivity (Wildman–Crippen MR) is 128 cm³/mol. The van der Waals surface area contributed by atoms with Crippen molar-refractivity contribution in [2.24, 2.45) is 5.41 Å². The zero-order valence-electron chi connectivity index (χ0n) is 19.8. The number of nitrogens with one attached hydrogen (secondary N) is 2. The number of aromatic hydroxyl groups is 1. The van der Waals surface area contributed by atoms with Gasteiger partial charge in [-0.05, 0) is 56.2 Å². The Kier molecular flexibility index (Phi) is 8.61. The van der Waals surface area contributed by atoms with Gasteiger partial charge in [0, 0.05) is 47.1 Å². The molecule has 33 heavy (non-hydrogen) atoms. The second-order valence-corrected chi connectivity index (χ2v) is 10.2. The Labute approximate surface area is 199 Å². The van der Waals surface area contributed by atoms with Crippen LogP contribution in [0.2, 0.25) is 5.02 Å². The summed E-state index contributed by atoms with van der Waals surface area (Å²) in [6.07, 6.45) is 2.16. The molecule has 2 rings (SSSR count). The molecular weight excluding hydrogens is 442 g/mol. The molecule has 0 aliphatic carbocycles. The smallest absolute Gasteiger partial charge is 0.270 e. The molecule has 2 amide bonds. The minimum Gasteiger partial charge on any atom is -0.508 e. The lowest BCUT2D eigenvalue weighted by molar-refractivity contribution is -0.128. The molecule has 0 bridgehead atoms. The van der Waals surface area contributed by atoms with E-state index in [1.165, 1.54) is 12.3 Å². The number of phenolic OH excluding ortho intramolecular Hbond substituents is 1. The lowest BCUT2D eigenvalue weighted by Crippen LogP contribution is -2.46. The first kappa shape index (κ1) is 26.3. The number of benzene rings is 1. The summed E-state index contributed by atoms with van der Waals surface area (Å²) in [5.41, 5.74) is 0.273. The average molecular weight is 474 g/mol. The van der Waals surface area contributed by atoms with Gasteiger partial charge in [0.05, 0.1) is 0 Å². The van der Waals surface area contributed by atoms with Gasteiger partial charge in [-0.1, -0.05) is 32.4 Å². The monoisotopic (exact) mass is 473 g/mol. The van der Waals surface area contributed by atoms with Crippen LogP contribution in [-0.4, -0.2) is 39.8 Å². The van der Waals surface area contributed by atoms with Crippen molar-refractivity contribution in [2.75, 3.05) is 6.54 Å². The third-order valence-electron chi connectivity index (χ3n) is 5.06. The van der Waals surface area contributed by atoms with E-state index in [4.69, 9.17) is 11.6 Å². The number of pyridine rings is 1. The molecule has 178 valence electrons. The fourth-order valence-electron chi connectivity index (χ4n) is 3.09. The number of rotatable bonds is 9. The Bertz CT molecular complexity index is 1030. The predicted octanol–water partition coefficient (Wildman–Crippen LogP) is 3.86. The number of Topliss-reactive ketones (excluding diaryl/α,β-unsaturated/α-hetero) is 1. The Hall–Kier alpha value is -2.93. The molecule has 0 saturated heterocycles. The summed E-state index contributed by atoms with van der Waals surface area (Å²) in [6, 6.07) is 7.84. The quantitative estimate of drug-likeness (QED) is 0.512. The first-order valence-electron chi connectivity index (χ1n) is 10.8. The van der Waals surface area contributed by atoms with Gasteiger partial charge in [0.1, 0.15) is 17.2 Å². The first-order chi connectivity index (χ1) is 15.3. The van der Waals surface area contributed by atoms with E-state index in [1.54, 1.807) is 24.3 Å². The summed E-state index contributed by atoms with van der Waals surface area (Å²) < 4.78 is 0.